The number of nitrogens with zero attached hydrogens (tertiary/aromatic N) is 2. The van der Waals surface area contributed by atoms with E-state index in [1.165, 1.54) is 0 Å². The normalized spacial score (nSPS) is 17.5. The van der Waals surface area contributed by atoms with Gasteiger partial charge in [0.25, 0.3) is 0 Å². The molecule has 2 rings (SSSR count). The number of aliphatic imine (C=N–C) groups is 1. The highest BCUT2D eigenvalue weighted by molar-refractivity contribution is 5.79. The van der Waals surface area contributed by atoms with Crippen LogP contribution in [0, 0.1) is 5.92 Å². The van der Waals surface area contributed by atoms with E-state index in [0.717, 1.165) is 57.3 Å². The predicted octanol–water partition coefficient (Wildman–Crippen LogP) is 1.59. The molecule has 1 aromatic heterocycles. The molecule has 0 saturated carbocycles. The summed E-state index contributed by atoms with van der Waals surface area (Å²) in [5.41, 5.74) is 1.10. The lowest BCUT2D eigenvalue weighted by Gasteiger charge is -2.13. The van der Waals surface area contributed by atoms with Gasteiger partial charge in [0.2, 0.25) is 5.88 Å². The third kappa shape index (κ3) is 7.70. The molecule has 1 unspecified atom stereocenters. The molecule has 1 aliphatic heterocycles. The first kappa shape index (κ1) is 19.5. The second kappa shape index (κ2) is 11.7. The molecular weight excluding hydrogens is 320 g/mol. The molecule has 0 aromatic carbocycles. The summed E-state index contributed by atoms with van der Waals surface area (Å²) in [5.74, 6) is 2.00. The zero-order valence-corrected chi connectivity index (χ0v) is 15.3. The molecule has 0 amide bonds. The SMILES string of the molecule is CCOc1cc(CNC(=NC)NCCCOCC2CCOC2)ccn1. The van der Waals surface area contributed by atoms with E-state index in [2.05, 4.69) is 20.6 Å². The van der Waals surface area contributed by atoms with E-state index in [4.69, 9.17) is 14.2 Å². The molecule has 2 N–H and O–H groups in total. The van der Waals surface area contributed by atoms with E-state index in [-0.39, 0.29) is 0 Å². The van der Waals surface area contributed by atoms with Gasteiger partial charge in [0.15, 0.2) is 5.96 Å². The predicted molar refractivity (Wildman–Crippen MR) is 98.0 cm³/mol. The molecule has 2 heterocycles. The molecule has 1 aromatic rings. The van der Waals surface area contributed by atoms with Crippen LogP contribution in [0.1, 0.15) is 25.3 Å². The number of hydrogen-bond acceptors (Lipinski definition) is 5. The molecule has 1 saturated heterocycles. The number of rotatable bonds is 10. The lowest BCUT2D eigenvalue weighted by molar-refractivity contribution is 0.0888. The first-order valence-electron chi connectivity index (χ1n) is 8.99. The van der Waals surface area contributed by atoms with Gasteiger partial charge in [0.05, 0.1) is 19.8 Å². The second-order valence-corrected chi connectivity index (χ2v) is 5.95. The van der Waals surface area contributed by atoms with Crippen LogP contribution in [0.5, 0.6) is 5.88 Å². The maximum absolute atomic E-state index is 5.70. The monoisotopic (exact) mass is 350 g/mol. The van der Waals surface area contributed by atoms with Crippen molar-refractivity contribution in [2.24, 2.45) is 10.9 Å². The highest BCUT2D eigenvalue weighted by Gasteiger charge is 2.15. The third-order valence-corrected chi connectivity index (χ3v) is 3.91. The van der Waals surface area contributed by atoms with E-state index in [1.807, 2.05) is 19.1 Å². The Morgan fingerprint density at radius 3 is 3.12 bits per heavy atom. The lowest BCUT2D eigenvalue weighted by Crippen LogP contribution is -2.37. The van der Waals surface area contributed by atoms with Crippen LogP contribution in [0.3, 0.4) is 0 Å². The van der Waals surface area contributed by atoms with Crippen molar-refractivity contribution < 1.29 is 14.2 Å². The summed E-state index contributed by atoms with van der Waals surface area (Å²) >= 11 is 0. The van der Waals surface area contributed by atoms with Crippen molar-refractivity contribution in [2.45, 2.75) is 26.3 Å². The van der Waals surface area contributed by atoms with Crippen LogP contribution in [0.25, 0.3) is 0 Å². The molecule has 0 spiro atoms. The molecule has 1 fully saturated rings. The zero-order chi connectivity index (χ0) is 17.7. The van der Waals surface area contributed by atoms with Crippen molar-refractivity contribution in [3.05, 3.63) is 23.9 Å². The molecule has 0 aliphatic carbocycles. The fourth-order valence-corrected chi connectivity index (χ4v) is 2.54. The van der Waals surface area contributed by atoms with Gasteiger partial charge in [0, 0.05) is 51.5 Å². The van der Waals surface area contributed by atoms with E-state index >= 15 is 0 Å². The Bertz CT molecular complexity index is 519. The molecule has 7 heteroatoms. The van der Waals surface area contributed by atoms with Gasteiger partial charge in [0.1, 0.15) is 0 Å². The van der Waals surface area contributed by atoms with Gasteiger partial charge in [-0.2, -0.15) is 0 Å². The Labute approximate surface area is 150 Å². The van der Waals surface area contributed by atoms with Gasteiger partial charge < -0.3 is 24.8 Å². The van der Waals surface area contributed by atoms with Crippen molar-refractivity contribution in [1.29, 1.82) is 0 Å². The summed E-state index contributed by atoms with van der Waals surface area (Å²) in [7, 11) is 1.77. The summed E-state index contributed by atoms with van der Waals surface area (Å²) < 4.78 is 16.4. The Morgan fingerprint density at radius 2 is 2.36 bits per heavy atom. The van der Waals surface area contributed by atoms with Crippen LogP contribution in [-0.2, 0) is 16.0 Å². The van der Waals surface area contributed by atoms with Crippen molar-refractivity contribution in [3.63, 3.8) is 0 Å². The van der Waals surface area contributed by atoms with Gasteiger partial charge >= 0.3 is 0 Å². The highest BCUT2D eigenvalue weighted by atomic mass is 16.5. The average Bonchev–Trinajstić information content (AvgIpc) is 3.14. The fraction of sp³-hybridized carbons (Fsp3) is 0.667. The molecule has 1 aliphatic rings. The van der Waals surface area contributed by atoms with Crippen molar-refractivity contribution in [1.82, 2.24) is 15.6 Å². The molecule has 25 heavy (non-hydrogen) atoms. The summed E-state index contributed by atoms with van der Waals surface area (Å²) in [5, 5.41) is 6.58. The summed E-state index contributed by atoms with van der Waals surface area (Å²) in [4.78, 5) is 8.40. The molecular formula is C18H30N4O3. The van der Waals surface area contributed by atoms with Gasteiger partial charge in [-0.25, -0.2) is 4.98 Å². The number of guanidine groups is 1. The number of nitrogens with one attached hydrogen (secondary N) is 2. The Morgan fingerprint density at radius 1 is 1.44 bits per heavy atom. The maximum Gasteiger partial charge on any atom is 0.213 e. The molecule has 1 atom stereocenters. The number of hydrogen-bond donors (Lipinski definition) is 2. The van der Waals surface area contributed by atoms with E-state index < -0.39 is 0 Å². The quantitative estimate of drug-likeness (QED) is 0.379. The smallest absolute Gasteiger partial charge is 0.213 e. The summed E-state index contributed by atoms with van der Waals surface area (Å²) in [6.45, 7) is 7.32. The minimum Gasteiger partial charge on any atom is -0.478 e. The number of pyridine rings is 1. The first-order valence-corrected chi connectivity index (χ1v) is 8.99. The second-order valence-electron chi connectivity index (χ2n) is 5.95. The van der Waals surface area contributed by atoms with Gasteiger partial charge in [-0.15, -0.1) is 0 Å². The Balaban J connectivity index is 1.57. The minimum atomic E-state index is 0.573. The highest BCUT2D eigenvalue weighted by Crippen LogP contribution is 2.12. The van der Waals surface area contributed by atoms with Crippen LogP contribution in [0.2, 0.25) is 0 Å². The molecule has 140 valence electrons. The lowest BCUT2D eigenvalue weighted by atomic mass is 10.1. The van der Waals surface area contributed by atoms with Crippen LogP contribution >= 0.6 is 0 Å². The largest absolute Gasteiger partial charge is 0.478 e. The molecule has 0 bridgehead atoms. The van der Waals surface area contributed by atoms with Crippen molar-refractivity contribution in [2.75, 3.05) is 46.6 Å². The maximum atomic E-state index is 5.70. The van der Waals surface area contributed by atoms with Gasteiger partial charge in [-0.1, -0.05) is 0 Å². The standard InChI is InChI=1S/C18H30N4O3/c1-3-25-17-11-15(5-8-20-17)12-22-18(19-2)21-7-4-9-23-13-16-6-10-24-14-16/h5,8,11,16H,3-4,6-7,9-10,12-14H2,1-2H3,(H2,19,21,22). The minimum absolute atomic E-state index is 0.573. The topological polar surface area (TPSA) is 77.0 Å². The van der Waals surface area contributed by atoms with Gasteiger partial charge in [-0.3, -0.25) is 4.99 Å². The zero-order valence-electron chi connectivity index (χ0n) is 15.3. The van der Waals surface area contributed by atoms with E-state index in [0.29, 0.717) is 24.9 Å². The summed E-state index contributed by atoms with van der Waals surface area (Å²) in [6.07, 6.45) is 3.82. The molecule has 0 radical (unpaired) electrons. The Kier molecular flexibility index (Phi) is 9.07. The third-order valence-electron chi connectivity index (χ3n) is 3.91. The number of aromatic nitrogens is 1. The first-order chi connectivity index (χ1) is 12.3. The van der Waals surface area contributed by atoms with Crippen LogP contribution in [0.4, 0.5) is 0 Å². The van der Waals surface area contributed by atoms with Crippen LogP contribution in [-0.4, -0.2) is 57.6 Å². The van der Waals surface area contributed by atoms with E-state index in [9.17, 15) is 0 Å². The van der Waals surface area contributed by atoms with E-state index in [1.54, 1.807) is 13.2 Å². The average molecular weight is 350 g/mol. The Hall–Kier alpha value is -1.86. The fourth-order valence-electron chi connectivity index (χ4n) is 2.54. The van der Waals surface area contributed by atoms with Gasteiger partial charge in [-0.05, 0) is 31.4 Å². The van der Waals surface area contributed by atoms with Crippen molar-refractivity contribution in [3.8, 4) is 5.88 Å². The summed E-state index contributed by atoms with van der Waals surface area (Å²) in [6, 6.07) is 3.90. The van der Waals surface area contributed by atoms with Crippen LogP contribution in [0.15, 0.2) is 23.3 Å². The molecule has 7 nitrogen and oxygen atoms in total. The van der Waals surface area contributed by atoms with Crippen LogP contribution < -0.4 is 15.4 Å². The number of ether oxygens (including phenoxy) is 3. The van der Waals surface area contributed by atoms with Crippen molar-refractivity contribution >= 4 is 5.96 Å².